The lowest BCUT2D eigenvalue weighted by Crippen LogP contribution is -2.39. The molecule has 0 aromatic heterocycles. The van der Waals surface area contributed by atoms with E-state index in [-0.39, 0.29) is 6.04 Å². The minimum absolute atomic E-state index is 0.204. The first-order chi connectivity index (χ1) is 8.58. The first kappa shape index (κ1) is 14.2. The zero-order valence-electron chi connectivity index (χ0n) is 10.7. The van der Waals surface area contributed by atoms with Crippen molar-refractivity contribution in [3.8, 4) is 5.75 Å². The molecule has 5 nitrogen and oxygen atoms in total. The highest BCUT2D eigenvalue weighted by Gasteiger charge is 2.17. The van der Waals surface area contributed by atoms with Crippen LogP contribution in [-0.2, 0) is 9.53 Å². The van der Waals surface area contributed by atoms with Gasteiger partial charge in [0, 0.05) is 18.7 Å². The number of nitrogens with one attached hydrogen (secondary N) is 1. The Bertz CT molecular complexity index is 414. The minimum Gasteiger partial charge on any atom is -0.497 e. The molecule has 0 aliphatic rings. The van der Waals surface area contributed by atoms with Gasteiger partial charge in [0.05, 0.1) is 13.7 Å². The molecule has 98 valence electrons. The Balaban J connectivity index is 2.65. The summed E-state index contributed by atoms with van der Waals surface area (Å²) in [4.78, 5) is 23.4. The second-order valence-electron chi connectivity index (χ2n) is 3.89. The summed E-state index contributed by atoms with van der Waals surface area (Å²) in [6.07, 6.45) is 0. The van der Waals surface area contributed by atoms with E-state index in [4.69, 9.17) is 9.47 Å². The van der Waals surface area contributed by atoms with Gasteiger partial charge in [-0.25, -0.2) is 0 Å². The van der Waals surface area contributed by atoms with E-state index in [0.29, 0.717) is 17.9 Å². The lowest BCUT2D eigenvalue weighted by atomic mass is 10.1. The number of carbonyl (C=O) groups excluding carboxylic acids is 2. The van der Waals surface area contributed by atoms with Crippen LogP contribution in [0, 0.1) is 0 Å². The van der Waals surface area contributed by atoms with Crippen molar-refractivity contribution < 1.29 is 19.1 Å². The topological polar surface area (TPSA) is 64.6 Å². The molecular weight excluding hydrogens is 234 g/mol. The maximum Gasteiger partial charge on any atom is 0.292 e. The molecule has 0 aliphatic heterocycles. The van der Waals surface area contributed by atoms with Gasteiger partial charge >= 0.3 is 0 Å². The molecule has 1 N–H and O–H groups in total. The number of hydrogen-bond donors (Lipinski definition) is 1. The number of rotatable bonds is 6. The number of hydrogen-bond acceptors (Lipinski definition) is 4. The van der Waals surface area contributed by atoms with E-state index < -0.39 is 11.7 Å². The van der Waals surface area contributed by atoms with Crippen molar-refractivity contribution in [2.45, 2.75) is 13.0 Å². The fourth-order valence-electron chi connectivity index (χ4n) is 1.45. The molecule has 1 aromatic carbocycles. The Morgan fingerprint density at radius 3 is 2.33 bits per heavy atom. The lowest BCUT2D eigenvalue weighted by Gasteiger charge is -2.11. The molecule has 0 radical (unpaired) electrons. The summed E-state index contributed by atoms with van der Waals surface area (Å²) in [5.74, 6) is -0.565. The molecule has 0 bridgehead atoms. The van der Waals surface area contributed by atoms with Crippen molar-refractivity contribution in [3.63, 3.8) is 0 Å². The standard InChI is InChI=1S/C13H17NO4/c1-9(8-17-2)14-13(16)12(15)10-4-6-11(18-3)7-5-10/h4-7,9H,8H2,1-3H3,(H,14,16)/t9-/m0/s1. The van der Waals surface area contributed by atoms with Crippen molar-refractivity contribution in [2.24, 2.45) is 0 Å². The number of benzene rings is 1. The monoisotopic (exact) mass is 251 g/mol. The molecule has 0 saturated heterocycles. The van der Waals surface area contributed by atoms with Crippen LogP contribution in [0.25, 0.3) is 0 Å². The SMILES string of the molecule is COC[C@H](C)NC(=O)C(=O)c1ccc(OC)cc1. The van der Waals surface area contributed by atoms with Crippen LogP contribution in [0.15, 0.2) is 24.3 Å². The molecule has 1 aromatic rings. The van der Waals surface area contributed by atoms with Crippen LogP contribution in [0.2, 0.25) is 0 Å². The third-order valence-corrected chi connectivity index (χ3v) is 2.35. The van der Waals surface area contributed by atoms with E-state index in [2.05, 4.69) is 5.32 Å². The summed E-state index contributed by atoms with van der Waals surface area (Å²) in [5, 5.41) is 2.56. The Labute approximate surface area is 106 Å². The van der Waals surface area contributed by atoms with Crippen molar-refractivity contribution in [2.75, 3.05) is 20.8 Å². The van der Waals surface area contributed by atoms with Crippen LogP contribution >= 0.6 is 0 Å². The van der Waals surface area contributed by atoms with Crippen LogP contribution in [0.4, 0.5) is 0 Å². The zero-order valence-corrected chi connectivity index (χ0v) is 10.7. The minimum atomic E-state index is -0.635. The van der Waals surface area contributed by atoms with Crippen LogP contribution in [0.1, 0.15) is 17.3 Å². The normalized spacial score (nSPS) is 11.7. The van der Waals surface area contributed by atoms with E-state index in [9.17, 15) is 9.59 Å². The fraction of sp³-hybridized carbons (Fsp3) is 0.385. The molecule has 0 aliphatic carbocycles. The molecule has 0 heterocycles. The first-order valence-electron chi connectivity index (χ1n) is 5.56. The average Bonchev–Trinajstić information content (AvgIpc) is 2.38. The highest BCUT2D eigenvalue weighted by Crippen LogP contribution is 2.11. The van der Waals surface area contributed by atoms with Crippen molar-refractivity contribution in [1.29, 1.82) is 0 Å². The smallest absolute Gasteiger partial charge is 0.292 e. The predicted octanol–water partition coefficient (Wildman–Crippen LogP) is 1.03. The molecule has 5 heteroatoms. The van der Waals surface area contributed by atoms with E-state index in [1.54, 1.807) is 31.2 Å². The maximum absolute atomic E-state index is 11.8. The van der Waals surface area contributed by atoms with Crippen molar-refractivity contribution >= 4 is 11.7 Å². The number of carbonyl (C=O) groups is 2. The Morgan fingerprint density at radius 2 is 1.83 bits per heavy atom. The van der Waals surface area contributed by atoms with Crippen LogP contribution in [-0.4, -0.2) is 38.6 Å². The van der Waals surface area contributed by atoms with Crippen LogP contribution in [0.5, 0.6) is 5.75 Å². The van der Waals surface area contributed by atoms with Crippen molar-refractivity contribution in [3.05, 3.63) is 29.8 Å². The highest BCUT2D eigenvalue weighted by molar-refractivity contribution is 6.42. The third kappa shape index (κ3) is 3.85. The Morgan fingerprint density at radius 1 is 1.22 bits per heavy atom. The van der Waals surface area contributed by atoms with Gasteiger partial charge in [-0.2, -0.15) is 0 Å². The summed E-state index contributed by atoms with van der Waals surface area (Å²) in [6.45, 7) is 2.13. The van der Waals surface area contributed by atoms with Gasteiger partial charge in [-0.15, -0.1) is 0 Å². The number of Topliss-reactive ketones (excluding diaryl/α,β-unsaturated/α-hetero) is 1. The zero-order chi connectivity index (χ0) is 13.5. The van der Waals surface area contributed by atoms with Gasteiger partial charge in [-0.05, 0) is 31.2 Å². The summed E-state index contributed by atoms with van der Waals surface area (Å²) >= 11 is 0. The van der Waals surface area contributed by atoms with Gasteiger partial charge in [0.2, 0.25) is 5.78 Å². The molecule has 18 heavy (non-hydrogen) atoms. The Kier molecular flexibility index (Phi) is 5.32. The molecule has 1 amide bonds. The molecule has 0 saturated carbocycles. The number of ketones is 1. The predicted molar refractivity (Wildman–Crippen MR) is 66.8 cm³/mol. The van der Waals surface area contributed by atoms with Gasteiger partial charge in [0.25, 0.3) is 5.91 Å². The molecular formula is C13H17NO4. The summed E-state index contributed by atoms with van der Waals surface area (Å²) in [5.41, 5.74) is 0.331. The number of amides is 1. The van der Waals surface area contributed by atoms with Crippen molar-refractivity contribution in [1.82, 2.24) is 5.32 Å². The second-order valence-corrected chi connectivity index (χ2v) is 3.89. The number of ether oxygens (including phenoxy) is 2. The van der Waals surface area contributed by atoms with E-state index in [1.807, 2.05) is 0 Å². The molecule has 1 atom stereocenters. The van der Waals surface area contributed by atoms with Gasteiger partial charge < -0.3 is 14.8 Å². The van der Waals surface area contributed by atoms with Crippen LogP contribution in [0.3, 0.4) is 0 Å². The van der Waals surface area contributed by atoms with E-state index in [1.165, 1.54) is 14.2 Å². The summed E-state index contributed by atoms with van der Waals surface area (Å²) < 4.78 is 9.86. The molecule has 1 rings (SSSR count). The number of methoxy groups -OCH3 is 2. The summed E-state index contributed by atoms with van der Waals surface area (Å²) in [6, 6.07) is 6.19. The lowest BCUT2D eigenvalue weighted by molar-refractivity contribution is -0.117. The molecule has 0 fully saturated rings. The highest BCUT2D eigenvalue weighted by atomic mass is 16.5. The third-order valence-electron chi connectivity index (χ3n) is 2.35. The maximum atomic E-state index is 11.8. The van der Waals surface area contributed by atoms with Crippen LogP contribution < -0.4 is 10.1 Å². The quantitative estimate of drug-likeness (QED) is 0.606. The van der Waals surface area contributed by atoms with E-state index >= 15 is 0 Å². The molecule has 0 unspecified atom stereocenters. The Hall–Kier alpha value is -1.88. The van der Waals surface area contributed by atoms with Gasteiger partial charge in [-0.1, -0.05) is 0 Å². The van der Waals surface area contributed by atoms with E-state index in [0.717, 1.165) is 0 Å². The largest absolute Gasteiger partial charge is 0.497 e. The van der Waals surface area contributed by atoms with Gasteiger partial charge in [0.1, 0.15) is 5.75 Å². The first-order valence-corrected chi connectivity index (χ1v) is 5.56. The second kappa shape index (κ2) is 6.76. The molecule has 0 spiro atoms. The summed E-state index contributed by atoms with van der Waals surface area (Å²) in [7, 11) is 3.07. The fourth-order valence-corrected chi connectivity index (χ4v) is 1.45. The van der Waals surface area contributed by atoms with Gasteiger partial charge in [-0.3, -0.25) is 9.59 Å². The van der Waals surface area contributed by atoms with Gasteiger partial charge in [0.15, 0.2) is 0 Å². The average molecular weight is 251 g/mol.